The summed E-state index contributed by atoms with van der Waals surface area (Å²) in [6, 6.07) is 4.02. The summed E-state index contributed by atoms with van der Waals surface area (Å²) < 4.78 is 5.18. The van der Waals surface area contributed by atoms with E-state index in [1.807, 2.05) is 0 Å². The molecule has 15 heavy (non-hydrogen) atoms. The van der Waals surface area contributed by atoms with Gasteiger partial charge in [0.25, 0.3) is 5.69 Å². The molecular formula is C9H10N2O4. The van der Waals surface area contributed by atoms with E-state index in [1.54, 1.807) is 6.92 Å². The van der Waals surface area contributed by atoms with Gasteiger partial charge in [-0.2, -0.15) is 0 Å². The van der Waals surface area contributed by atoms with Gasteiger partial charge >= 0.3 is 0 Å². The third-order valence-corrected chi connectivity index (χ3v) is 1.69. The van der Waals surface area contributed by atoms with Gasteiger partial charge in [0.05, 0.1) is 17.2 Å². The van der Waals surface area contributed by atoms with Crippen LogP contribution < -0.4 is 10.1 Å². The Morgan fingerprint density at radius 2 is 2.33 bits per heavy atom. The number of nitrogens with one attached hydrogen (secondary N) is 1. The van der Waals surface area contributed by atoms with Crippen LogP contribution in [0.2, 0.25) is 0 Å². The largest absolute Gasteiger partial charge is 0.492 e. The molecule has 0 spiro atoms. The van der Waals surface area contributed by atoms with Crippen LogP contribution in [-0.2, 0) is 4.79 Å². The molecule has 0 atom stereocenters. The fraction of sp³-hybridized carbons (Fsp3) is 0.222. The van der Waals surface area contributed by atoms with Crippen molar-refractivity contribution in [2.45, 2.75) is 6.92 Å². The molecule has 1 aromatic carbocycles. The summed E-state index contributed by atoms with van der Waals surface area (Å²) in [5.41, 5.74) is 0.198. The Morgan fingerprint density at radius 3 is 2.87 bits per heavy atom. The van der Waals surface area contributed by atoms with E-state index in [2.05, 4.69) is 5.32 Å². The molecule has 0 heterocycles. The topological polar surface area (TPSA) is 81.5 Å². The van der Waals surface area contributed by atoms with E-state index < -0.39 is 4.92 Å². The number of benzene rings is 1. The normalized spacial score (nSPS) is 9.40. The molecule has 0 aromatic heterocycles. The molecule has 1 aromatic rings. The van der Waals surface area contributed by atoms with Crippen LogP contribution in [0.4, 0.5) is 11.4 Å². The second kappa shape index (κ2) is 4.94. The van der Waals surface area contributed by atoms with Crippen molar-refractivity contribution < 1.29 is 14.5 Å². The summed E-state index contributed by atoms with van der Waals surface area (Å²) >= 11 is 0. The maximum absolute atomic E-state index is 10.5. The number of hydrogen-bond acceptors (Lipinski definition) is 4. The number of nitro benzene ring substituents is 1. The summed E-state index contributed by atoms with van der Waals surface area (Å²) in [7, 11) is 0. The van der Waals surface area contributed by atoms with Gasteiger partial charge in [-0.25, -0.2) is 0 Å². The Morgan fingerprint density at radius 1 is 1.60 bits per heavy atom. The Kier molecular flexibility index (Phi) is 3.61. The number of nitrogens with zero attached hydrogens (tertiary/aromatic N) is 1. The van der Waals surface area contributed by atoms with Gasteiger partial charge in [0, 0.05) is 12.1 Å². The number of nitro groups is 1. The van der Waals surface area contributed by atoms with Crippen molar-refractivity contribution in [1.29, 1.82) is 0 Å². The summed E-state index contributed by atoms with van der Waals surface area (Å²) in [6.45, 7) is 2.21. The first-order valence-electron chi connectivity index (χ1n) is 4.30. The van der Waals surface area contributed by atoms with Crippen molar-refractivity contribution in [3.63, 3.8) is 0 Å². The molecule has 0 unspecified atom stereocenters. The first-order chi connectivity index (χ1) is 7.19. The predicted molar refractivity (Wildman–Crippen MR) is 54.0 cm³/mol. The Hall–Kier alpha value is -2.11. The van der Waals surface area contributed by atoms with Gasteiger partial charge in [-0.15, -0.1) is 0 Å². The lowest BCUT2D eigenvalue weighted by Crippen LogP contribution is -2.01. The van der Waals surface area contributed by atoms with Gasteiger partial charge < -0.3 is 10.1 Å². The second-order valence-corrected chi connectivity index (χ2v) is 2.63. The smallest absolute Gasteiger partial charge is 0.271 e. The number of rotatable bonds is 5. The monoisotopic (exact) mass is 210 g/mol. The van der Waals surface area contributed by atoms with Crippen LogP contribution in [0.5, 0.6) is 5.75 Å². The summed E-state index contributed by atoms with van der Waals surface area (Å²) in [5, 5.41) is 12.8. The van der Waals surface area contributed by atoms with Crippen LogP contribution in [0.3, 0.4) is 0 Å². The average molecular weight is 210 g/mol. The predicted octanol–water partition coefficient (Wildman–Crippen LogP) is 1.56. The lowest BCUT2D eigenvalue weighted by molar-refractivity contribution is -0.384. The number of anilines is 1. The maximum Gasteiger partial charge on any atom is 0.271 e. The zero-order chi connectivity index (χ0) is 11.3. The van der Waals surface area contributed by atoms with Crippen LogP contribution >= 0.6 is 0 Å². The fourth-order valence-corrected chi connectivity index (χ4v) is 1.09. The molecule has 0 radical (unpaired) electrons. The molecule has 0 fully saturated rings. The minimum absolute atomic E-state index is 0.0946. The van der Waals surface area contributed by atoms with Crippen molar-refractivity contribution >= 4 is 17.8 Å². The molecule has 6 heteroatoms. The minimum Gasteiger partial charge on any atom is -0.492 e. The molecular weight excluding hydrogens is 200 g/mol. The van der Waals surface area contributed by atoms with Gasteiger partial charge in [0.1, 0.15) is 5.75 Å². The average Bonchev–Trinajstić information content (AvgIpc) is 2.21. The minimum atomic E-state index is -0.536. The molecule has 0 aliphatic rings. The molecule has 0 saturated heterocycles. The quantitative estimate of drug-likeness (QED) is 0.454. The van der Waals surface area contributed by atoms with Gasteiger partial charge in [-0.1, -0.05) is 0 Å². The summed E-state index contributed by atoms with van der Waals surface area (Å²) in [4.78, 5) is 20.2. The SMILES string of the molecule is CCOc1ccc([N+](=O)[O-])cc1NC=O. The second-order valence-electron chi connectivity index (χ2n) is 2.63. The molecule has 1 amide bonds. The van der Waals surface area contributed by atoms with Crippen LogP contribution in [0.15, 0.2) is 18.2 Å². The molecule has 0 bridgehead atoms. The van der Waals surface area contributed by atoms with E-state index in [1.165, 1.54) is 18.2 Å². The lowest BCUT2D eigenvalue weighted by Gasteiger charge is -2.08. The molecule has 80 valence electrons. The third kappa shape index (κ3) is 2.67. The van der Waals surface area contributed by atoms with Crippen molar-refractivity contribution in [2.75, 3.05) is 11.9 Å². The third-order valence-electron chi connectivity index (χ3n) is 1.69. The molecule has 0 saturated carbocycles. The highest BCUT2D eigenvalue weighted by Crippen LogP contribution is 2.28. The standard InChI is InChI=1S/C9H10N2O4/c1-2-15-9-4-3-7(11(13)14)5-8(9)10-6-12/h3-6H,2H2,1H3,(H,10,12). The first-order valence-corrected chi connectivity index (χ1v) is 4.30. The van der Waals surface area contributed by atoms with E-state index in [9.17, 15) is 14.9 Å². The number of ether oxygens (including phenoxy) is 1. The van der Waals surface area contributed by atoms with E-state index in [0.717, 1.165) is 0 Å². The lowest BCUT2D eigenvalue weighted by atomic mass is 10.2. The van der Waals surface area contributed by atoms with Crippen LogP contribution in [0.1, 0.15) is 6.92 Å². The number of hydrogen-bond donors (Lipinski definition) is 1. The Bertz CT molecular complexity index is 378. The molecule has 1 rings (SSSR count). The van der Waals surface area contributed by atoms with Gasteiger partial charge in [0.2, 0.25) is 6.41 Å². The van der Waals surface area contributed by atoms with Crippen molar-refractivity contribution in [3.05, 3.63) is 28.3 Å². The van der Waals surface area contributed by atoms with E-state index in [0.29, 0.717) is 24.5 Å². The maximum atomic E-state index is 10.5. The molecule has 0 aliphatic carbocycles. The zero-order valence-corrected chi connectivity index (χ0v) is 8.10. The summed E-state index contributed by atoms with van der Waals surface area (Å²) in [6.07, 6.45) is 0.446. The van der Waals surface area contributed by atoms with E-state index in [4.69, 9.17) is 4.74 Å². The van der Waals surface area contributed by atoms with Crippen molar-refractivity contribution in [2.24, 2.45) is 0 Å². The van der Waals surface area contributed by atoms with Gasteiger partial charge in [-0.3, -0.25) is 14.9 Å². The van der Waals surface area contributed by atoms with Crippen LogP contribution in [-0.4, -0.2) is 17.9 Å². The van der Waals surface area contributed by atoms with Crippen LogP contribution in [0.25, 0.3) is 0 Å². The number of carbonyl (C=O) groups is 1. The van der Waals surface area contributed by atoms with E-state index >= 15 is 0 Å². The highest BCUT2D eigenvalue weighted by molar-refractivity contribution is 5.76. The number of non-ortho nitro benzene ring substituents is 1. The first kappa shape index (κ1) is 11.0. The highest BCUT2D eigenvalue weighted by atomic mass is 16.6. The fourth-order valence-electron chi connectivity index (χ4n) is 1.09. The highest BCUT2D eigenvalue weighted by Gasteiger charge is 2.10. The Labute approximate surface area is 86.0 Å². The van der Waals surface area contributed by atoms with Gasteiger partial charge in [0.15, 0.2) is 0 Å². The molecule has 1 N–H and O–H groups in total. The molecule has 6 nitrogen and oxygen atoms in total. The van der Waals surface area contributed by atoms with E-state index in [-0.39, 0.29) is 5.69 Å². The van der Waals surface area contributed by atoms with Gasteiger partial charge in [-0.05, 0) is 13.0 Å². The molecule has 0 aliphatic heterocycles. The number of carbonyl (C=O) groups excluding carboxylic acids is 1. The van der Waals surface area contributed by atoms with Crippen LogP contribution in [0, 0.1) is 10.1 Å². The number of amides is 1. The summed E-state index contributed by atoms with van der Waals surface area (Å²) in [5.74, 6) is 0.412. The zero-order valence-electron chi connectivity index (χ0n) is 8.10. The van der Waals surface area contributed by atoms with Crippen molar-refractivity contribution in [1.82, 2.24) is 0 Å². The van der Waals surface area contributed by atoms with Crippen molar-refractivity contribution in [3.8, 4) is 5.75 Å². The Balaban J connectivity index is 3.07.